The van der Waals surface area contributed by atoms with Gasteiger partial charge in [-0.3, -0.25) is 4.57 Å². The van der Waals surface area contributed by atoms with E-state index in [1.165, 1.54) is 16.7 Å². The lowest BCUT2D eigenvalue weighted by atomic mass is 10.0. The summed E-state index contributed by atoms with van der Waals surface area (Å²) in [5.74, 6) is 2.35. The van der Waals surface area contributed by atoms with Crippen LogP contribution in [0.25, 0.3) is 16.9 Å². The molecule has 7 nitrogen and oxygen atoms in total. The van der Waals surface area contributed by atoms with Gasteiger partial charge in [-0.15, -0.1) is 0 Å². The minimum atomic E-state index is 0.724. The molecule has 0 saturated carbocycles. The lowest BCUT2D eigenvalue weighted by molar-refractivity contribution is 0.414. The number of fused-ring (bicyclic) bond motifs is 2. The van der Waals surface area contributed by atoms with E-state index in [2.05, 4.69) is 58.7 Å². The van der Waals surface area contributed by atoms with Crippen LogP contribution < -0.4 is 15.0 Å². The van der Waals surface area contributed by atoms with Crippen molar-refractivity contribution in [3.05, 3.63) is 102 Å². The maximum atomic E-state index is 5.27. The van der Waals surface area contributed by atoms with Crippen LogP contribution in [0.1, 0.15) is 16.7 Å². The van der Waals surface area contributed by atoms with Gasteiger partial charge in [-0.05, 0) is 53.8 Å². The van der Waals surface area contributed by atoms with Crippen LogP contribution >= 0.6 is 0 Å². The summed E-state index contributed by atoms with van der Waals surface area (Å²) in [6.45, 7) is 2.42. The van der Waals surface area contributed by atoms with Crippen LogP contribution in [0, 0.1) is 0 Å². The van der Waals surface area contributed by atoms with Crippen LogP contribution in [-0.2, 0) is 19.4 Å². The van der Waals surface area contributed by atoms with Crippen molar-refractivity contribution in [2.24, 2.45) is 0 Å². The first-order chi connectivity index (χ1) is 17.8. The highest BCUT2D eigenvalue weighted by atomic mass is 16.5. The van der Waals surface area contributed by atoms with E-state index >= 15 is 0 Å². The first kappa shape index (κ1) is 22.1. The molecule has 1 aliphatic rings. The van der Waals surface area contributed by atoms with Gasteiger partial charge in [0, 0.05) is 25.3 Å². The fourth-order valence-electron chi connectivity index (χ4n) is 4.71. The van der Waals surface area contributed by atoms with Crippen molar-refractivity contribution in [1.29, 1.82) is 0 Å². The molecule has 0 radical (unpaired) electrons. The summed E-state index contributed by atoms with van der Waals surface area (Å²) < 4.78 is 7.31. The standard InChI is InChI=1S/C29H28N6O/c1-36-25-13-11-21(12-14-25)15-17-30-27-26-28(35(20-31-26)24-9-3-2-4-10-24)33-29(32-27)34-18-16-22-7-5-6-8-23(22)19-34/h2-14,20H,15-19H2,1H3,(H,30,32,33). The molecule has 0 amide bonds. The third kappa shape index (κ3) is 4.35. The number of rotatable bonds is 7. The normalized spacial score (nSPS) is 13.0. The predicted molar refractivity (Wildman–Crippen MR) is 143 cm³/mol. The number of hydrogen-bond acceptors (Lipinski definition) is 6. The second-order valence-corrected chi connectivity index (χ2v) is 8.96. The molecule has 5 aromatic rings. The highest BCUT2D eigenvalue weighted by molar-refractivity contribution is 5.85. The summed E-state index contributed by atoms with van der Waals surface area (Å²) in [6, 6.07) is 27.0. The first-order valence-electron chi connectivity index (χ1n) is 12.3. The number of hydrogen-bond donors (Lipinski definition) is 1. The fourth-order valence-corrected chi connectivity index (χ4v) is 4.71. The summed E-state index contributed by atoms with van der Waals surface area (Å²) >= 11 is 0. The third-order valence-corrected chi connectivity index (χ3v) is 6.70. The number of para-hydroxylation sites is 1. The number of methoxy groups -OCH3 is 1. The molecule has 1 N–H and O–H groups in total. The second kappa shape index (κ2) is 9.70. The molecule has 7 heteroatoms. The van der Waals surface area contributed by atoms with Crippen LogP contribution in [0.3, 0.4) is 0 Å². The topological polar surface area (TPSA) is 68.1 Å². The van der Waals surface area contributed by atoms with Gasteiger partial charge in [0.05, 0.1) is 7.11 Å². The van der Waals surface area contributed by atoms with Gasteiger partial charge < -0.3 is 15.0 Å². The minimum absolute atomic E-state index is 0.724. The Morgan fingerprint density at radius 3 is 2.47 bits per heavy atom. The number of aromatic nitrogens is 4. The van der Waals surface area contributed by atoms with Crippen molar-refractivity contribution in [3.63, 3.8) is 0 Å². The molecule has 36 heavy (non-hydrogen) atoms. The smallest absolute Gasteiger partial charge is 0.229 e. The Morgan fingerprint density at radius 1 is 0.889 bits per heavy atom. The Morgan fingerprint density at radius 2 is 1.67 bits per heavy atom. The molecule has 0 unspecified atom stereocenters. The molecule has 0 fully saturated rings. The highest BCUT2D eigenvalue weighted by Crippen LogP contribution is 2.28. The Hall–Kier alpha value is -4.39. The maximum Gasteiger partial charge on any atom is 0.229 e. The summed E-state index contributed by atoms with van der Waals surface area (Å²) in [6.07, 6.45) is 3.68. The van der Waals surface area contributed by atoms with Gasteiger partial charge in [0.1, 0.15) is 12.1 Å². The van der Waals surface area contributed by atoms with Gasteiger partial charge in [0.15, 0.2) is 17.0 Å². The second-order valence-electron chi connectivity index (χ2n) is 8.96. The maximum absolute atomic E-state index is 5.27. The zero-order valence-electron chi connectivity index (χ0n) is 20.3. The Bertz CT molecular complexity index is 1480. The lowest BCUT2D eigenvalue weighted by Gasteiger charge is -2.29. The summed E-state index contributed by atoms with van der Waals surface area (Å²) in [5.41, 5.74) is 6.57. The summed E-state index contributed by atoms with van der Waals surface area (Å²) in [5, 5.41) is 3.54. The number of nitrogens with one attached hydrogen (secondary N) is 1. The number of nitrogens with zero attached hydrogens (tertiary/aromatic N) is 5. The van der Waals surface area contributed by atoms with Crippen molar-refractivity contribution in [2.75, 3.05) is 30.4 Å². The molecular weight excluding hydrogens is 448 g/mol. The van der Waals surface area contributed by atoms with Crippen molar-refractivity contribution in [2.45, 2.75) is 19.4 Å². The molecule has 0 spiro atoms. The van der Waals surface area contributed by atoms with Crippen LogP contribution in [-0.4, -0.2) is 39.7 Å². The Balaban J connectivity index is 1.33. The zero-order valence-corrected chi connectivity index (χ0v) is 20.3. The van der Waals surface area contributed by atoms with E-state index in [4.69, 9.17) is 19.7 Å². The molecule has 3 heterocycles. The van der Waals surface area contributed by atoms with E-state index in [1.54, 1.807) is 7.11 Å². The molecule has 2 aromatic heterocycles. The largest absolute Gasteiger partial charge is 0.497 e. The summed E-state index contributed by atoms with van der Waals surface area (Å²) in [4.78, 5) is 17.0. The van der Waals surface area contributed by atoms with Gasteiger partial charge in [-0.1, -0.05) is 54.6 Å². The molecule has 180 valence electrons. The third-order valence-electron chi connectivity index (χ3n) is 6.70. The van der Waals surface area contributed by atoms with E-state index in [-0.39, 0.29) is 0 Å². The van der Waals surface area contributed by atoms with E-state index in [0.717, 1.165) is 66.8 Å². The molecule has 6 rings (SSSR count). The Kier molecular flexibility index (Phi) is 5.95. The average Bonchev–Trinajstić information content (AvgIpc) is 3.38. The quantitative estimate of drug-likeness (QED) is 0.355. The van der Waals surface area contributed by atoms with Crippen LogP contribution in [0.5, 0.6) is 5.75 Å². The highest BCUT2D eigenvalue weighted by Gasteiger charge is 2.21. The molecular formula is C29H28N6O. The van der Waals surface area contributed by atoms with E-state index in [0.29, 0.717) is 0 Å². The Labute approximate surface area is 210 Å². The lowest BCUT2D eigenvalue weighted by Crippen LogP contribution is -2.32. The molecule has 0 atom stereocenters. The number of anilines is 2. The van der Waals surface area contributed by atoms with Crippen molar-refractivity contribution < 1.29 is 4.74 Å². The molecule has 0 aliphatic carbocycles. The van der Waals surface area contributed by atoms with Gasteiger partial charge in [-0.25, -0.2) is 4.98 Å². The van der Waals surface area contributed by atoms with Gasteiger partial charge in [-0.2, -0.15) is 9.97 Å². The molecule has 3 aromatic carbocycles. The zero-order chi connectivity index (χ0) is 24.3. The van der Waals surface area contributed by atoms with Gasteiger partial charge in [0.25, 0.3) is 0 Å². The van der Waals surface area contributed by atoms with E-state index < -0.39 is 0 Å². The van der Waals surface area contributed by atoms with Crippen LogP contribution in [0.4, 0.5) is 11.8 Å². The predicted octanol–water partition coefficient (Wildman–Crippen LogP) is 5.04. The van der Waals surface area contributed by atoms with Gasteiger partial charge in [0.2, 0.25) is 5.95 Å². The summed E-state index contributed by atoms with van der Waals surface area (Å²) in [7, 11) is 1.68. The first-order valence-corrected chi connectivity index (χ1v) is 12.3. The van der Waals surface area contributed by atoms with Crippen LogP contribution in [0.15, 0.2) is 85.2 Å². The molecule has 1 aliphatic heterocycles. The average molecular weight is 477 g/mol. The van der Waals surface area contributed by atoms with E-state index in [1.807, 2.05) is 41.2 Å². The molecule has 0 saturated heterocycles. The van der Waals surface area contributed by atoms with Crippen LogP contribution in [0.2, 0.25) is 0 Å². The number of ether oxygens (including phenoxy) is 1. The van der Waals surface area contributed by atoms with Crippen molar-refractivity contribution >= 4 is 22.9 Å². The number of imidazole rings is 1. The van der Waals surface area contributed by atoms with Gasteiger partial charge >= 0.3 is 0 Å². The minimum Gasteiger partial charge on any atom is -0.497 e. The molecule has 0 bridgehead atoms. The SMILES string of the molecule is COc1ccc(CCNc2nc(N3CCc4ccccc4C3)nc3c2ncn3-c2ccccc2)cc1. The van der Waals surface area contributed by atoms with Crippen molar-refractivity contribution in [1.82, 2.24) is 19.5 Å². The fraction of sp³-hybridized carbons (Fsp3) is 0.207. The van der Waals surface area contributed by atoms with Crippen molar-refractivity contribution in [3.8, 4) is 11.4 Å². The van der Waals surface area contributed by atoms with E-state index in [9.17, 15) is 0 Å². The number of benzene rings is 3. The monoisotopic (exact) mass is 476 g/mol.